The zero-order valence-electron chi connectivity index (χ0n) is 9.29. The summed E-state index contributed by atoms with van der Waals surface area (Å²) in [4.78, 5) is 11.5. The fourth-order valence-electron chi connectivity index (χ4n) is 2.09. The number of methoxy groups -OCH3 is 1. The molecular formula is C11H20N2O2. The normalized spacial score (nSPS) is 30.5. The number of ether oxygens (including phenoxy) is 1. The largest absolute Gasteiger partial charge is 0.381 e. The molecule has 1 amide bonds. The van der Waals surface area contributed by atoms with Crippen LogP contribution in [-0.2, 0) is 9.53 Å². The average Bonchev–Trinajstić information content (AvgIpc) is 2.96. The van der Waals surface area contributed by atoms with Crippen molar-refractivity contribution >= 4 is 5.91 Å². The van der Waals surface area contributed by atoms with Crippen molar-refractivity contribution in [3.05, 3.63) is 0 Å². The Morgan fingerprint density at radius 2 is 2.00 bits per heavy atom. The molecule has 2 unspecified atom stereocenters. The van der Waals surface area contributed by atoms with Crippen molar-refractivity contribution in [3.8, 4) is 0 Å². The van der Waals surface area contributed by atoms with E-state index in [0.717, 1.165) is 19.3 Å². The summed E-state index contributed by atoms with van der Waals surface area (Å²) < 4.78 is 5.26. The monoisotopic (exact) mass is 212 g/mol. The minimum atomic E-state index is 0.128. The van der Waals surface area contributed by atoms with E-state index >= 15 is 0 Å². The molecule has 0 radical (unpaired) electrons. The Kier molecular flexibility index (Phi) is 3.59. The van der Waals surface area contributed by atoms with Crippen molar-refractivity contribution in [2.75, 3.05) is 13.7 Å². The van der Waals surface area contributed by atoms with Crippen molar-refractivity contribution < 1.29 is 9.53 Å². The molecule has 86 valence electrons. The van der Waals surface area contributed by atoms with Gasteiger partial charge in [-0.15, -0.1) is 0 Å². The molecule has 0 saturated heterocycles. The van der Waals surface area contributed by atoms with Crippen LogP contribution < -0.4 is 10.6 Å². The van der Waals surface area contributed by atoms with Crippen molar-refractivity contribution in [3.63, 3.8) is 0 Å². The first-order valence-electron chi connectivity index (χ1n) is 5.83. The predicted molar refractivity (Wildman–Crippen MR) is 57.6 cm³/mol. The van der Waals surface area contributed by atoms with Crippen LogP contribution in [0.2, 0.25) is 0 Å². The van der Waals surface area contributed by atoms with Crippen LogP contribution in [0.5, 0.6) is 0 Å². The molecule has 4 nitrogen and oxygen atoms in total. The molecule has 2 aliphatic carbocycles. The van der Waals surface area contributed by atoms with Gasteiger partial charge in [0.1, 0.15) is 0 Å². The molecule has 2 rings (SSSR count). The van der Waals surface area contributed by atoms with Gasteiger partial charge in [0.2, 0.25) is 5.91 Å². The third-order valence-corrected chi connectivity index (χ3v) is 3.21. The second-order valence-electron chi connectivity index (χ2n) is 4.59. The van der Waals surface area contributed by atoms with Crippen molar-refractivity contribution in [1.29, 1.82) is 0 Å². The van der Waals surface area contributed by atoms with Crippen LogP contribution in [0.15, 0.2) is 0 Å². The average molecular weight is 212 g/mol. The standard InChI is InChI=1S/C11H20N2O2/c1-15-10-5-4-9(6-10)13-11(14)7-12-8-2-3-8/h8-10,12H,2-7H2,1H3,(H,13,14). The molecule has 0 aromatic heterocycles. The van der Waals surface area contributed by atoms with Crippen LogP contribution in [0, 0.1) is 0 Å². The third kappa shape index (κ3) is 3.47. The molecule has 0 aromatic rings. The van der Waals surface area contributed by atoms with Crippen LogP contribution >= 0.6 is 0 Å². The Balaban J connectivity index is 1.61. The molecule has 2 N–H and O–H groups in total. The summed E-state index contributed by atoms with van der Waals surface area (Å²) in [7, 11) is 1.74. The summed E-state index contributed by atoms with van der Waals surface area (Å²) in [6.07, 6.45) is 5.87. The van der Waals surface area contributed by atoms with Crippen LogP contribution in [-0.4, -0.2) is 37.7 Å². The van der Waals surface area contributed by atoms with E-state index in [9.17, 15) is 4.79 Å². The third-order valence-electron chi connectivity index (χ3n) is 3.21. The lowest BCUT2D eigenvalue weighted by Gasteiger charge is -2.13. The number of amides is 1. The zero-order chi connectivity index (χ0) is 10.7. The van der Waals surface area contributed by atoms with Crippen molar-refractivity contribution in [1.82, 2.24) is 10.6 Å². The molecule has 15 heavy (non-hydrogen) atoms. The van der Waals surface area contributed by atoms with Gasteiger partial charge in [0.25, 0.3) is 0 Å². The highest BCUT2D eigenvalue weighted by Crippen LogP contribution is 2.21. The highest BCUT2D eigenvalue weighted by molar-refractivity contribution is 5.78. The summed E-state index contributed by atoms with van der Waals surface area (Å²) in [5.41, 5.74) is 0. The SMILES string of the molecule is COC1CCC(NC(=O)CNC2CC2)C1. The highest BCUT2D eigenvalue weighted by Gasteiger charge is 2.26. The van der Waals surface area contributed by atoms with Gasteiger partial charge in [-0.25, -0.2) is 0 Å². The van der Waals surface area contributed by atoms with Crippen LogP contribution in [0.1, 0.15) is 32.1 Å². The molecule has 4 heteroatoms. The maximum absolute atomic E-state index is 11.5. The van der Waals surface area contributed by atoms with Gasteiger partial charge >= 0.3 is 0 Å². The molecule has 0 aliphatic heterocycles. The van der Waals surface area contributed by atoms with Crippen molar-refractivity contribution in [2.24, 2.45) is 0 Å². The van der Waals surface area contributed by atoms with E-state index in [1.807, 2.05) is 0 Å². The van der Waals surface area contributed by atoms with E-state index in [1.54, 1.807) is 7.11 Å². The van der Waals surface area contributed by atoms with E-state index < -0.39 is 0 Å². The van der Waals surface area contributed by atoms with Crippen molar-refractivity contribution in [2.45, 2.75) is 50.3 Å². The van der Waals surface area contributed by atoms with Gasteiger partial charge < -0.3 is 15.4 Å². The highest BCUT2D eigenvalue weighted by atomic mass is 16.5. The number of nitrogens with one attached hydrogen (secondary N) is 2. The second kappa shape index (κ2) is 4.94. The number of hydrogen-bond acceptors (Lipinski definition) is 3. The van der Waals surface area contributed by atoms with Gasteiger partial charge in [-0.1, -0.05) is 0 Å². The lowest BCUT2D eigenvalue weighted by atomic mass is 10.2. The summed E-state index contributed by atoms with van der Waals surface area (Å²) in [5, 5.41) is 6.26. The quantitative estimate of drug-likeness (QED) is 0.694. The lowest BCUT2D eigenvalue weighted by molar-refractivity contribution is -0.121. The minimum absolute atomic E-state index is 0.128. The smallest absolute Gasteiger partial charge is 0.234 e. The molecule has 0 bridgehead atoms. The lowest BCUT2D eigenvalue weighted by Crippen LogP contribution is -2.40. The van der Waals surface area contributed by atoms with E-state index in [2.05, 4.69) is 10.6 Å². The topological polar surface area (TPSA) is 50.4 Å². The predicted octanol–water partition coefficient (Wildman–Crippen LogP) is 0.422. The summed E-state index contributed by atoms with van der Waals surface area (Å²) >= 11 is 0. The fraction of sp³-hybridized carbons (Fsp3) is 0.909. The maximum atomic E-state index is 11.5. The molecule has 2 saturated carbocycles. The molecule has 0 aromatic carbocycles. The first-order chi connectivity index (χ1) is 7.28. The summed E-state index contributed by atoms with van der Waals surface area (Å²) in [6, 6.07) is 0.925. The molecule has 2 fully saturated rings. The Morgan fingerprint density at radius 1 is 1.27 bits per heavy atom. The van der Waals surface area contributed by atoms with Gasteiger partial charge in [-0.2, -0.15) is 0 Å². The molecule has 0 heterocycles. The molecule has 0 spiro atoms. The van der Waals surface area contributed by atoms with E-state index in [0.29, 0.717) is 24.7 Å². The number of carbonyl (C=O) groups excluding carboxylic acids is 1. The number of hydrogen-bond donors (Lipinski definition) is 2. The van der Waals surface area contributed by atoms with Gasteiger partial charge in [0.15, 0.2) is 0 Å². The van der Waals surface area contributed by atoms with Gasteiger partial charge in [-0.05, 0) is 32.1 Å². The van der Waals surface area contributed by atoms with Crippen LogP contribution in [0.25, 0.3) is 0 Å². The Bertz CT molecular complexity index is 229. The van der Waals surface area contributed by atoms with Gasteiger partial charge in [0.05, 0.1) is 12.6 Å². The number of rotatable bonds is 5. The summed E-state index contributed by atoms with van der Waals surface area (Å²) in [5.74, 6) is 0.128. The summed E-state index contributed by atoms with van der Waals surface area (Å²) in [6.45, 7) is 0.471. The molecule has 2 aliphatic rings. The second-order valence-corrected chi connectivity index (χ2v) is 4.59. The maximum Gasteiger partial charge on any atom is 0.234 e. The zero-order valence-corrected chi connectivity index (χ0v) is 9.29. The first-order valence-corrected chi connectivity index (χ1v) is 5.83. The Hall–Kier alpha value is -0.610. The minimum Gasteiger partial charge on any atom is -0.381 e. The number of carbonyl (C=O) groups is 1. The molecular weight excluding hydrogens is 192 g/mol. The Morgan fingerprint density at radius 3 is 2.60 bits per heavy atom. The van der Waals surface area contributed by atoms with Gasteiger partial charge in [-0.3, -0.25) is 4.79 Å². The van der Waals surface area contributed by atoms with E-state index in [4.69, 9.17) is 4.74 Å². The molecule has 2 atom stereocenters. The van der Waals surface area contributed by atoms with E-state index in [1.165, 1.54) is 12.8 Å². The van der Waals surface area contributed by atoms with Crippen LogP contribution in [0.3, 0.4) is 0 Å². The Labute approximate surface area is 90.8 Å². The van der Waals surface area contributed by atoms with E-state index in [-0.39, 0.29) is 5.91 Å². The van der Waals surface area contributed by atoms with Crippen LogP contribution in [0.4, 0.5) is 0 Å². The fourth-order valence-corrected chi connectivity index (χ4v) is 2.09. The van der Waals surface area contributed by atoms with Gasteiger partial charge in [0, 0.05) is 19.2 Å². The first kappa shape index (κ1) is 10.9.